The summed E-state index contributed by atoms with van der Waals surface area (Å²) < 4.78 is 6.57. The number of nitrogens with one attached hydrogen (secondary N) is 1. The summed E-state index contributed by atoms with van der Waals surface area (Å²) in [7, 11) is 2.10. The molecule has 2 saturated carbocycles. The first-order valence-corrected chi connectivity index (χ1v) is 8.46. The molecule has 0 aromatic heterocycles. The summed E-state index contributed by atoms with van der Waals surface area (Å²) >= 11 is 0. The molecule has 0 amide bonds. The summed E-state index contributed by atoms with van der Waals surface area (Å²) in [6.07, 6.45) is 10.2. The Labute approximate surface area is 119 Å². The third-order valence-electron chi connectivity index (χ3n) is 5.42. The summed E-state index contributed by atoms with van der Waals surface area (Å²) in [6, 6.07) is 0.556. The van der Waals surface area contributed by atoms with E-state index in [4.69, 9.17) is 4.74 Å². The van der Waals surface area contributed by atoms with Gasteiger partial charge in [-0.15, -0.1) is 0 Å². The molecule has 19 heavy (non-hydrogen) atoms. The van der Waals surface area contributed by atoms with Gasteiger partial charge in [-0.1, -0.05) is 40.0 Å². The van der Waals surface area contributed by atoms with Gasteiger partial charge in [0, 0.05) is 6.04 Å². The average Bonchev–Trinajstić information content (AvgIpc) is 2.41. The van der Waals surface area contributed by atoms with Crippen molar-refractivity contribution in [3.05, 3.63) is 0 Å². The summed E-state index contributed by atoms with van der Waals surface area (Å²) in [4.78, 5) is 0. The zero-order valence-corrected chi connectivity index (χ0v) is 13.3. The number of ether oxygens (including phenoxy) is 1. The van der Waals surface area contributed by atoms with Crippen molar-refractivity contribution in [2.24, 2.45) is 17.8 Å². The van der Waals surface area contributed by atoms with E-state index in [9.17, 15) is 0 Å². The molecule has 2 fully saturated rings. The predicted molar refractivity (Wildman–Crippen MR) is 81.3 cm³/mol. The van der Waals surface area contributed by atoms with Crippen molar-refractivity contribution >= 4 is 0 Å². The van der Waals surface area contributed by atoms with Gasteiger partial charge in [-0.3, -0.25) is 0 Å². The molecule has 1 N–H and O–H groups in total. The highest BCUT2D eigenvalue weighted by molar-refractivity contribution is 4.89. The first-order valence-electron chi connectivity index (χ1n) is 8.46. The quantitative estimate of drug-likeness (QED) is 0.831. The van der Waals surface area contributed by atoms with E-state index in [0.717, 1.165) is 11.8 Å². The van der Waals surface area contributed by atoms with Crippen LogP contribution in [0.15, 0.2) is 0 Å². The third-order valence-corrected chi connectivity index (χ3v) is 5.42. The lowest BCUT2D eigenvalue weighted by molar-refractivity contribution is -0.0957. The Bertz CT molecular complexity index is 268. The van der Waals surface area contributed by atoms with E-state index >= 15 is 0 Å². The second-order valence-corrected chi connectivity index (χ2v) is 7.11. The van der Waals surface area contributed by atoms with Crippen LogP contribution in [-0.4, -0.2) is 25.3 Å². The molecule has 0 aromatic carbocycles. The van der Waals surface area contributed by atoms with Gasteiger partial charge in [-0.2, -0.15) is 0 Å². The molecular formula is C17H33NO. The Morgan fingerprint density at radius 2 is 1.89 bits per heavy atom. The lowest BCUT2D eigenvalue weighted by atomic mass is 9.77. The largest absolute Gasteiger partial charge is 0.373 e. The molecule has 2 aliphatic rings. The van der Waals surface area contributed by atoms with E-state index in [-0.39, 0.29) is 0 Å². The molecule has 0 spiro atoms. The van der Waals surface area contributed by atoms with Gasteiger partial charge in [0.15, 0.2) is 0 Å². The zero-order valence-electron chi connectivity index (χ0n) is 13.3. The Hall–Kier alpha value is -0.0800. The normalized spacial score (nSPS) is 44.2. The van der Waals surface area contributed by atoms with Crippen LogP contribution in [0.3, 0.4) is 0 Å². The highest BCUT2D eigenvalue weighted by Crippen LogP contribution is 2.35. The molecule has 6 unspecified atom stereocenters. The van der Waals surface area contributed by atoms with Gasteiger partial charge in [0.05, 0.1) is 12.2 Å². The van der Waals surface area contributed by atoms with E-state index in [1.54, 1.807) is 0 Å². The number of likely N-dealkylation sites (N-methyl/N-ethyl adjacent to an activating group) is 1. The van der Waals surface area contributed by atoms with Gasteiger partial charge in [-0.05, 0) is 50.5 Å². The monoisotopic (exact) mass is 267 g/mol. The summed E-state index contributed by atoms with van der Waals surface area (Å²) in [5.41, 5.74) is 0. The fourth-order valence-electron chi connectivity index (χ4n) is 4.30. The van der Waals surface area contributed by atoms with Crippen LogP contribution in [0.1, 0.15) is 65.7 Å². The summed E-state index contributed by atoms with van der Waals surface area (Å²) in [6.45, 7) is 7.09. The van der Waals surface area contributed by atoms with Crippen LogP contribution in [0, 0.1) is 17.8 Å². The minimum Gasteiger partial charge on any atom is -0.373 e. The molecule has 2 aliphatic carbocycles. The number of rotatable bonds is 4. The van der Waals surface area contributed by atoms with E-state index in [1.807, 2.05) is 0 Å². The van der Waals surface area contributed by atoms with Crippen molar-refractivity contribution in [3.63, 3.8) is 0 Å². The lowest BCUT2D eigenvalue weighted by Gasteiger charge is -2.42. The second-order valence-electron chi connectivity index (χ2n) is 7.11. The Morgan fingerprint density at radius 1 is 1.11 bits per heavy atom. The van der Waals surface area contributed by atoms with Gasteiger partial charge in [0.25, 0.3) is 0 Å². The van der Waals surface area contributed by atoms with Crippen molar-refractivity contribution in [2.45, 2.75) is 84.0 Å². The van der Waals surface area contributed by atoms with Crippen molar-refractivity contribution in [1.29, 1.82) is 0 Å². The van der Waals surface area contributed by atoms with E-state index in [2.05, 4.69) is 33.1 Å². The van der Waals surface area contributed by atoms with Crippen LogP contribution in [0.4, 0.5) is 0 Å². The number of hydrogen-bond donors (Lipinski definition) is 1. The van der Waals surface area contributed by atoms with Crippen molar-refractivity contribution in [3.8, 4) is 0 Å². The third kappa shape index (κ3) is 3.95. The van der Waals surface area contributed by atoms with Crippen LogP contribution in [0.2, 0.25) is 0 Å². The molecule has 2 nitrogen and oxygen atoms in total. The van der Waals surface area contributed by atoms with Crippen LogP contribution < -0.4 is 5.32 Å². The number of hydrogen-bond acceptors (Lipinski definition) is 2. The SMILES string of the molecule is CCC1CCCC(OC2C(C)CC(C)CC2NC)C1. The molecule has 0 saturated heterocycles. The van der Waals surface area contributed by atoms with Gasteiger partial charge in [0.1, 0.15) is 0 Å². The van der Waals surface area contributed by atoms with E-state index in [1.165, 1.54) is 44.9 Å². The molecule has 0 aliphatic heterocycles. The standard InChI is InChI=1S/C17H33NO/c1-5-14-7-6-8-15(11-14)19-17-13(3)9-12(2)10-16(17)18-4/h12-18H,5-11H2,1-4H3. The maximum absolute atomic E-state index is 6.57. The minimum atomic E-state index is 0.432. The predicted octanol–water partition coefficient (Wildman–Crippen LogP) is 3.99. The molecule has 112 valence electrons. The minimum absolute atomic E-state index is 0.432. The molecule has 6 atom stereocenters. The molecule has 0 bridgehead atoms. The van der Waals surface area contributed by atoms with Crippen molar-refractivity contribution < 1.29 is 4.74 Å². The highest BCUT2D eigenvalue weighted by Gasteiger charge is 2.36. The Morgan fingerprint density at radius 3 is 2.58 bits per heavy atom. The lowest BCUT2D eigenvalue weighted by Crippen LogP contribution is -2.49. The Kier molecular flexibility index (Phi) is 5.70. The fourth-order valence-corrected chi connectivity index (χ4v) is 4.30. The maximum Gasteiger partial charge on any atom is 0.0757 e. The summed E-state index contributed by atoms with van der Waals surface area (Å²) in [5, 5.41) is 3.50. The second kappa shape index (κ2) is 7.08. The average molecular weight is 267 g/mol. The molecule has 0 heterocycles. The van der Waals surface area contributed by atoms with Gasteiger partial charge < -0.3 is 10.1 Å². The molecular weight excluding hydrogens is 234 g/mol. The fraction of sp³-hybridized carbons (Fsp3) is 1.00. The molecule has 0 radical (unpaired) electrons. The van der Waals surface area contributed by atoms with E-state index in [0.29, 0.717) is 24.2 Å². The van der Waals surface area contributed by atoms with Gasteiger partial charge in [-0.25, -0.2) is 0 Å². The van der Waals surface area contributed by atoms with Crippen LogP contribution >= 0.6 is 0 Å². The van der Waals surface area contributed by atoms with Crippen molar-refractivity contribution in [1.82, 2.24) is 5.32 Å². The molecule has 2 heteroatoms. The smallest absolute Gasteiger partial charge is 0.0757 e. The first-order chi connectivity index (χ1) is 9.13. The van der Waals surface area contributed by atoms with E-state index < -0.39 is 0 Å². The molecule has 0 aromatic rings. The molecule has 2 rings (SSSR count). The van der Waals surface area contributed by atoms with Gasteiger partial charge in [0.2, 0.25) is 0 Å². The summed E-state index contributed by atoms with van der Waals surface area (Å²) in [5.74, 6) is 2.44. The zero-order chi connectivity index (χ0) is 13.8. The van der Waals surface area contributed by atoms with Crippen LogP contribution in [0.25, 0.3) is 0 Å². The first kappa shape index (κ1) is 15.3. The maximum atomic E-state index is 6.57. The van der Waals surface area contributed by atoms with Gasteiger partial charge >= 0.3 is 0 Å². The van der Waals surface area contributed by atoms with Crippen LogP contribution in [0.5, 0.6) is 0 Å². The Balaban J connectivity index is 1.92. The van der Waals surface area contributed by atoms with Crippen LogP contribution in [-0.2, 0) is 4.74 Å². The van der Waals surface area contributed by atoms with Crippen molar-refractivity contribution in [2.75, 3.05) is 7.05 Å². The highest BCUT2D eigenvalue weighted by atomic mass is 16.5. The topological polar surface area (TPSA) is 21.3 Å².